The second kappa shape index (κ2) is 4.77. The quantitative estimate of drug-likeness (QED) is 0.786. The van der Waals surface area contributed by atoms with E-state index >= 15 is 0 Å². The third-order valence-corrected chi connectivity index (χ3v) is 3.39. The zero-order valence-electron chi connectivity index (χ0n) is 10.8. The van der Waals surface area contributed by atoms with E-state index < -0.39 is 0 Å². The Hall–Kier alpha value is -2.11. The van der Waals surface area contributed by atoms with Gasteiger partial charge in [-0.15, -0.1) is 0 Å². The monoisotopic (exact) mass is 288 g/mol. The number of hydrogen-bond donors (Lipinski definition) is 1. The Morgan fingerprint density at radius 3 is 2.60 bits per heavy atom. The van der Waals surface area contributed by atoms with E-state index in [9.17, 15) is 4.79 Å². The van der Waals surface area contributed by atoms with E-state index in [1.165, 1.54) is 9.08 Å². The van der Waals surface area contributed by atoms with E-state index in [2.05, 4.69) is 5.10 Å². The van der Waals surface area contributed by atoms with Crippen molar-refractivity contribution in [1.82, 2.24) is 14.2 Å². The van der Waals surface area contributed by atoms with Crippen LogP contribution in [0.15, 0.2) is 47.4 Å². The van der Waals surface area contributed by atoms with Crippen LogP contribution in [0.5, 0.6) is 0 Å². The van der Waals surface area contributed by atoms with Crippen molar-refractivity contribution in [2.45, 2.75) is 13.0 Å². The Morgan fingerprint density at radius 1 is 1.25 bits per heavy atom. The lowest BCUT2D eigenvalue weighted by Gasteiger charge is -2.15. The van der Waals surface area contributed by atoms with Crippen LogP contribution < -0.4 is 11.3 Å². The predicted molar refractivity (Wildman–Crippen MR) is 78.4 cm³/mol. The van der Waals surface area contributed by atoms with Gasteiger partial charge in [0.15, 0.2) is 5.82 Å². The zero-order chi connectivity index (χ0) is 14.3. The van der Waals surface area contributed by atoms with Crippen LogP contribution in [0.3, 0.4) is 0 Å². The number of fused-ring (bicyclic) bond motifs is 1. The van der Waals surface area contributed by atoms with Gasteiger partial charge in [-0.05, 0) is 25.1 Å². The van der Waals surface area contributed by atoms with E-state index in [-0.39, 0.29) is 11.6 Å². The Morgan fingerprint density at radius 2 is 1.95 bits per heavy atom. The summed E-state index contributed by atoms with van der Waals surface area (Å²) in [6.45, 7) is 1.79. The molecule has 1 aromatic carbocycles. The van der Waals surface area contributed by atoms with Crippen molar-refractivity contribution in [3.05, 3.63) is 63.8 Å². The number of rotatable bonds is 2. The summed E-state index contributed by atoms with van der Waals surface area (Å²) in [7, 11) is 0. The maximum absolute atomic E-state index is 12.7. The molecule has 0 aliphatic carbocycles. The first-order valence-electron chi connectivity index (χ1n) is 6.20. The molecule has 0 aliphatic heterocycles. The molecule has 0 saturated carbocycles. The minimum atomic E-state index is -0.381. The fourth-order valence-electron chi connectivity index (χ4n) is 2.17. The maximum Gasteiger partial charge on any atom is 0.284 e. The number of para-hydroxylation sites is 1. The van der Waals surface area contributed by atoms with Crippen LogP contribution in [0.25, 0.3) is 11.2 Å². The van der Waals surface area contributed by atoms with Crippen LogP contribution in [-0.2, 0) is 0 Å². The Balaban J connectivity index is 2.45. The first kappa shape index (κ1) is 12.9. The fraction of sp³-hybridized carbons (Fsp3) is 0.143. The van der Waals surface area contributed by atoms with Crippen molar-refractivity contribution >= 4 is 17.1 Å². The molecule has 5 nitrogen and oxygen atoms in total. The summed E-state index contributed by atoms with van der Waals surface area (Å²) in [6, 6.07) is 10.5. The molecule has 6 heteroatoms. The number of hydrogen-bond acceptors (Lipinski definition) is 3. The second-order valence-electron chi connectivity index (χ2n) is 4.58. The summed E-state index contributed by atoms with van der Waals surface area (Å²) in [5.74, 6) is 0.487. The van der Waals surface area contributed by atoms with Gasteiger partial charge in [-0.25, -0.2) is 4.52 Å². The van der Waals surface area contributed by atoms with E-state index in [4.69, 9.17) is 17.3 Å². The SMILES string of the molecule is C[C@H](N)c1nn2ccc(Cl)c2c(=O)n1-c1ccccc1. The third kappa shape index (κ3) is 1.92. The van der Waals surface area contributed by atoms with Gasteiger partial charge in [0.1, 0.15) is 5.52 Å². The van der Waals surface area contributed by atoms with Crippen LogP contribution in [0.4, 0.5) is 0 Å². The smallest absolute Gasteiger partial charge is 0.284 e. The molecule has 0 aliphatic rings. The van der Waals surface area contributed by atoms with Crippen LogP contribution in [0.1, 0.15) is 18.8 Å². The zero-order valence-corrected chi connectivity index (χ0v) is 11.6. The first-order valence-corrected chi connectivity index (χ1v) is 6.58. The molecule has 0 radical (unpaired) electrons. The van der Waals surface area contributed by atoms with Gasteiger partial charge in [0, 0.05) is 6.20 Å². The molecule has 0 saturated heterocycles. The lowest BCUT2D eigenvalue weighted by Crippen LogP contribution is -2.29. The highest BCUT2D eigenvalue weighted by Crippen LogP contribution is 2.18. The highest BCUT2D eigenvalue weighted by Gasteiger charge is 2.17. The summed E-state index contributed by atoms with van der Waals surface area (Å²) in [6.07, 6.45) is 1.65. The molecule has 0 amide bonds. The van der Waals surface area contributed by atoms with Crippen LogP contribution >= 0.6 is 11.6 Å². The molecule has 20 heavy (non-hydrogen) atoms. The van der Waals surface area contributed by atoms with E-state index in [0.717, 1.165) is 5.69 Å². The molecule has 2 aromatic heterocycles. The van der Waals surface area contributed by atoms with Gasteiger partial charge < -0.3 is 5.73 Å². The van der Waals surface area contributed by atoms with Gasteiger partial charge >= 0.3 is 0 Å². The van der Waals surface area contributed by atoms with Gasteiger partial charge in [0.2, 0.25) is 0 Å². The minimum absolute atomic E-state index is 0.228. The van der Waals surface area contributed by atoms with Gasteiger partial charge in [-0.3, -0.25) is 9.36 Å². The molecule has 1 atom stereocenters. The van der Waals surface area contributed by atoms with Crippen molar-refractivity contribution in [2.75, 3.05) is 0 Å². The van der Waals surface area contributed by atoms with Crippen LogP contribution in [0, 0.1) is 0 Å². The molecule has 0 spiro atoms. The lowest BCUT2D eigenvalue weighted by atomic mass is 10.2. The molecule has 0 unspecified atom stereocenters. The third-order valence-electron chi connectivity index (χ3n) is 3.08. The molecule has 0 fully saturated rings. The molecule has 2 N–H and O–H groups in total. The van der Waals surface area contributed by atoms with Crippen molar-refractivity contribution in [1.29, 1.82) is 0 Å². The Kier molecular flexibility index (Phi) is 3.08. The number of halogens is 1. The number of nitrogens with zero attached hydrogens (tertiary/aromatic N) is 3. The van der Waals surface area contributed by atoms with E-state index in [1.807, 2.05) is 30.3 Å². The average Bonchev–Trinajstić information content (AvgIpc) is 2.81. The highest BCUT2D eigenvalue weighted by molar-refractivity contribution is 6.33. The number of benzene rings is 1. The summed E-state index contributed by atoms with van der Waals surface area (Å²) < 4.78 is 2.98. The lowest BCUT2D eigenvalue weighted by molar-refractivity contribution is 0.647. The largest absolute Gasteiger partial charge is 0.322 e. The van der Waals surface area contributed by atoms with Gasteiger partial charge in [-0.1, -0.05) is 29.8 Å². The first-order chi connectivity index (χ1) is 9.59. The molecule has 102 valence electrons. The van der Waals surface area contributed by atoms with Crippen molar-refractivity contribution < 1.29 is 0 Å². The molecule has 2 heterocycles. The van der Waals surface area contributed by atoms with E-state index in [0.29, 0.717) is 16.4 Å². The summed E-state index contributed by atoms with van der Waals surface area (Å²) in [5.41, 5.74) is 6.79. The molecule has 3 rings (SSSR count). The molecule has 0 bridgehead atoms. The molecule has 3 aromatic rings. The summed E-state index contributed by atoms with van der Waals surface area (Å²) in [4.78, 5) is 12.7. The van der Waals surface area contributed by atoms with Crippen LogP contribution in [0.2, 0.25) is 5.02 Å². The maximum atomic E-state index is 12.7. The van der Waals surface area contributed by atoms with Crippen molar-refractivity contribution in [3.63, 3.8) is 0 Å². The second-order valence-corrected chi connectivity index (χ2v) is 4.99. The fourth-order valence-corrected chi connectivity index (χ4v) is 2.39. The topological polar surface area (TPSA) is 65.3 Å². The van der Waals surface area contributed by atoms with Crippen LogP contribution in [-0.4, -0.2) is 14.2 Å². The Labute approximate surface area is 120 Å². The standard InChI is InChI=1S/C14H13ClN4O/c1-9(16)13-17-18-8-7-11(15)12(18)14(20)19(13)10-5-3-2-4-6-10/h2-9H,16H2,1H3/t9-/m0/s1. The van der Waals surface area contributed by atoms with Crippen molar-refractivity contribution in [3.8, 4) is 5.69 Å². The van der Waals surface area contributed by atoms with E-state index in [1.54, 1.807) is 19.2 Å². The Bertz CT molecular complexity index is 820. The molecular weight excluding hydrogens is 276 g/mol. The van der Waals surface area contributed by atoms with Gasteiger partial charge in [0.05, 0.1) is 16.8 Å². The average molecular weight is 289 g/mol. The normalized spacial score (nSPS) is 12.8. The summed E-state index contributed by atoms with van der Waals surface area (Å²) >= 11 is 6.06. The molecular formula is C14H13ClN4O. The highest BCUT2D eigenvalue weighted by atomic mass is 35.5. The number of aromatic nitrogens is 3. The summed E-state index contributed by atoms with van der Waals surface area (Å²) in [5, 5.41) is 4.78. The minimum Gasteiger partial charge on any atom is -0.322 e. The van der Waals surface area contributed by atoms with Gasteiger partial charge in [-0.2, -0.15) is 5.10 Å². The van der Waals surface area contributed by atoms with Gasteiger partial charge in [0.25, 0.3) is 5.56 Å². The predicted octanol–water partition coefficient (Wildman–Crippen LogP) is 2.16. The number of nitrogens with two attached hydrogens (primary N) is 1. The van der Waals surface area contributed by atoms with Crippen molar-refractivity contribution in [2.24, 2.45) is 5.73 Å².